The Hall–Kier alpha value is -1.55. The molecular weight excluding hydrogens is 324 g/mol. The van der Waals surface area contributed by atoms with E-state index in [1.54, 1.807) is 0 Å². The van der Waals surface area contributed by atoms with Crippen molar-refractivity contribution in [1.29, 1.82) is 0 Å². The Morgan fingerprint density at radius 3 is 2.75 bits per heavy atom. The highest BCUT2D eigenvalue weighted by Gasteiger charge is 2.51. The molecule has 2 amide bonds. The number of hydrogen-bond acceptors (Lipinski definition) is 2. The fraction of sp³-hybridized carbons (Fsp3) is 0.579. The maximum Gasteiger partial charge on any atom is 0.230 e. The topological polar surface area (TPSA) is 40.6 Å². The van der Waals surface area contributed by atoms with Gasteiger partial charge in [0.1, 0.15) is 0 Å². The van der Waals surface area contributed by atoms with Crippen LogP contribution >= 0.6 is 11.6 Å². The first-order valence-corrected chi connectivity index (χ1v) is 9.24. The zero-order chi connectivity index (χ0) is 17.2. The molecule has 1 atom stereocenters. The Kier molecular flexibility index (Phi) is 5.14. The molecule has 0 aliphatic carbocycles. The number of likely N-dealkylation sites (tertiary alicyclic amines) is 2. The van der Waals surface area contributed by atoms with Crippen molar-refractivity contribution in [2.45, 2.75) is 39.0 Å². The molecule has 2 heterocycles. The summed E-state index contributed by atoms with van der Waals surface area (Å²) in [6, 6.07) is 7.65. The van der Waals surface area contributed by atoms with Crippen molar-refractivity contribution in [3.8, 4) is 0 Å². The molecule has 1 spiro atoms. The van der Waals surface area contributed by atoms with E-state index in [1.807, 2.05) is 34.1 Å². The molecule has 0 radical (unpaired) electrons. The standard InChI is InChI=1S/C19H25ClN2O2/c1-2-11-21-12-9-19(18(21)24)10-13-22(14-19)17(23)8-7-15-5-3-4-6-16(15)20/h3-6H,2,7-14H2,1H3. The average molecular weight is 349 g/mol. The molecule has 0 bridgehead atoms. The number of halogens is 1. The summed E-state index contributed by atoms with van der Waals surface area (Å²) in [5.41, 5.74) is 0.697. The fourth-order valence-electron chi connectivity index (χ4n) is 3.94. The minimum absolute atomic E-state index is 0.133. The number of rotatable bonds is 5. The summed E-state index contributed by atoms with van der Waals surface area (Å²) < 4.78 is 0. The second-order valence-corrected chi connectivity index (χ2v) is 7.39. The van der Waals surface area contributed by atoms with Gasteiger partial charge in [0, 0.05) is 37.6 Å². The van der Waals surface area contributed by atoms with Crippen LogP contribution in [0.4, 0.5) is 0 Å². The van der Waals surface area contributed by atoms with Gasteiger partial charge in [0.2, 0.25) is 11.8 Å². The van der Waals surface area contributed by atoms with E-state index in [0.29, 0.717) is 31.0 Å². The molecule has 5 heteroatoms. The molecule has 4 nitrogen and oxygen atoms in total. The van der Waals surface area contributed by atoms with Crippen molar-refractivity contribution in [2.75, 3.05) is 26.2 Å². The second-order valence-electron chi connectivity index (χ2n) is 6.98. The highest BCUT2D eigenvalue weighted by atomic mass is 35.5. The molecule has 1 aromatic rings. The third kappa shape index (κ3) is 3.30. The second kappa shape index (κ2) is 7.14. The molecular formula is C19H25ClN2O2. The number of benzene rings is 1. The molecule has 130 valence electrons. The summed E-state index contributed by atoms with van der Waals surface area (Å²) >= 11 is 6.16. The highest BCUT2D eigenvalue weighted by Crippen LogP contribution is 2.40. The van der Waals surface area contributed by atoms with Crippen LogP contribution in [0.15, 0.2) is 24.3 Å². The molecule has 2 saturated heterocycles. The molecule has 2 aliphatic heterocycles. The number of carbonyl (C=O) groups is 2. The van der Waals surface area contributed by atoms with Crippen molar-refractivity contribution in [3.63, 3.8) is 0 Å². The Bertz CT molecular complexity index is 634. The largest absolute Gasteiger partial charge is 0.342 e. The van der Waals surface area contributed by atoms with Gasteiger partial charge in [0.25, 0.3) is 0 Å². The summed E-state index contributed by atoms with van der Waals surface area (Å²) in [7, 11) is 0. The van der Waals surface area contributed by atoms with Gasteiger partial charge >= 0.3 is 0 Å². The average Bonchev–Trinajstić information content (AvgIpc) is 3.14. The van der Waals surface area contributed by atoms with Gasteiger partial charge in [-0.1, -0.05) is 36.7 Å². The van der Waals surface area contributed by atoms with Crippen LogP contribution in [0.5, 0.6) is 0 Å². The van der Waals surface area contributed by atoms with Crippen LogP contribution in [-0.2, 0) is 16.0 Å². The van der Waals surface area contributed by atoms with Crippen LogP contribution in [0, 0.1) is 5.41 Å². The van der Waals surface area contributed by atoms with Crippen LogP contribution in [-0.4, -0.2) is 47.8 Å². The zero-order valence-corrected chi connectivity index (χ0v) is 15.0. The van der Waals surface area contributed by atoms with Gasteiger partial charge in [0.05, 0.1) is 5.41 Å². The van der Waals surface area contributed by atoms with Crippen molar-refractivity contribution in [2.24, 2.45) is 5.41 Å². The lowest BCUT2D eigenvalue weighted by atomic mass is 9.85. The van der Waals surface area contributed by atoms with E-state index < -0.39 is 0 Å². The Morgan fingerprint density at radius 2 is 2.00 bits per heavy atom. The summed E-state index contributed by atoms with van der Waals surface area (Å²) in [4.78, 5) is 29.1. The van der Waals surface area contributed by atoms with Crippen molar-refractivity contribution in [1.82, 2.24) is 9.80 Å². The summed E-state index contributed by atoms with van der Waals surface area (Å²) in [6.45, 7) is 5.06. The van der Waals surface area contributed by atoms with Crippen molar-refractivity contribution >= 4 is 23.4 Å². The molecule has 24 heavy (non-hydrogen) atoms. The van der Waals surface area contributed by atoms with Gasteiger partial charge in [-0.15, -0.1) is 0 Å². The Balaban J connectivity index is 1.57. The van der Waals surface area contributed by atoms with E-state index in [9.17, 15) is 9.59 Å². The van der Waals surface area contributed by atoms with Gasteiger partial charge in [-0.2, -0.15) is 0 Å². The van der Waals surface area contributed by atoms with E-state index in [2.05, 4.69) is 6.92 Å². The number of nitrogens with zero attached hydrogens (tertiary/aromatic N) is 2. The maximum absolute atomic E-state index is 12.7. The van der Waals surface area contributed by atoms with Crippen LogP contribution in [0.2, 0.25) is 5.02 Å². The quantitative estimate of drug-likeness (QED) is 0.820. The van der Waals surface area contributed by atoms with E-state index in [1.165, 1.54) is 0 Å². The third-order valence-corrected chi connectivity index (χ3v) is 5.74. The highest BCUT2D eigenvalue weighted by molar-refractivity contribution is 6.31. The zero-order valence-electron chi connectivity index (χ0n) is 14.3. The lowest BCUT2D eigenvalue weighted by Crippen LogP contribution is -2.38. The number of aryl methyl sites for hydroxylation is 1. The molecule has 0 saturated carbocycles. The summed E-state index contributed by atoms with van der Waals surface area (Å²) in [5.74, 6) is 0.388. The summed E-state index contributed by atoms with van der Waals surface area (Å²) in [5, 5.41) is 0.712. The van der Waals surface area contributed by atoms with Gasteiger partial charge in [-0.3, -0.25) is 9.59 Å². The monoisotopic (exact) mass is 348 g/mol. The molecule has 1 unspecified atom stereocenters. The summed E-state index contributed by atoms with van der Waals surface area (Å²) in [6.07, 6.45) is 3.79. The van der Waals surface area contributed by atoms with E-state index in [4.69, 9.17) is 11.6 Å². The minimum atomic E-state index is -0.310. The molecule has 0 N–H and O–H groups in total. The van der Waals surface area contributed by atoms with Gasteiger partial charge in [-0.05, 0) is 37.3 Å². The predicted molar refractivity (Wildman–Crippen MR) is 94.9 cm³/mol. The number of amides is 2. The Labute approximate surface area is 148 Å². The van der Waals surface area contributed by atoms with Crippen LogP contribution in [0.3, 0.4) is 0 Å². The predicted octanol–water partition coefficient (Wildman–Crippen LogP) is 3.13. The van der Waals surface area contributed by atoms with Crippen LogP contribution < -0.4 is 0 Å². The Morgan fingerprint density at radius 1 is 1.25 bits per heavy atom. The first-order valence-electron chi connectivity index (χ1n) is 8.86. The van der Waals surface area contributed by atoms with E-state index >= 15 is 0 Å². The molecule has 0 aromatic heterocycles. The fourth-order valence-corrected chi connectivity index (χ4v) is 4.17. The first-order chi connectivity index (χ1) is 11.6. The van der Waals surface area contributed by atoms with Crippen molar-refractivity contribution < 1.29 is 9.59 Å². The van der Waals surface area contributed by atoms with Gasteiger partial charge < -0.3 is 9.80 Å². The molecule has 1 aromatic carbocycles. The minimum Gasteiger partial charge on any atom is -0.342 e. The normalized spacial score (nSPS) is 23.5. The lowest BCUT2D eigenvalue weighted by molar-refractivity contribution is -0.136. The van der Waals surface area contributed by atoms with Gasteiger partial charge in [-0.25, -0.2) is 0 Å². The van der Waals surface area contributed by atoms with Crippen molar-refractivity contribution in [3.05, 3.63) is 34.9 Å². The maximum atomic E-state index is 12.7. The number of hydrogen-bond donors (Lipinski definition) is 0. The molecule has 2 aliphatic rings. The van der Waals surface area contributed by atoms with E-state index in [0.717, 1.165) is 37.9 Å². The third-order valence-electron chi connectivity index (χ3n) is 5.37. The smallest absolute Gasteiger partial charge is 0.230 e. The number of carbonyl (C=O) groups excluding carboxylic acids is 2. The lowest BCUT2D eigenvalue weighted by Gasteiger charge is -2.23. The first kappa shape index (κ1) is 17.3. The van der Waals surface area contributed by atoms with Crippen LogP contribution in [0.1, 0.15) is 38.2 Å². The molecule has 3 rings (SSSR count). The van der Waals surface area contributed by atoms with E-state index in [-0.39, 0.29) is 17.2 Å². The molecule has 2 fully saturated rings. The SMILES string of the molecule is CCCN1CCC2(CCN(C(=O)CCc3ccccc3Cl)C2)C1=O. The van der Waals surface area contributed by atoms with Gasteiger partial charge in [0.15, 0.2) is 0 Å². The van der Waals surface area contributed by atoms with Crippen LogP contribution in [0.25, 0.3) is 0 Å².